The highest BCUT2D eigenvalue weighted by atomic mass is 32.1. The lowest BCUT2D eigenvalue weighted by Crippen LogP contribution is -2.55. The maximum absolute atomic E-state index is 5.37. The fourth-order valence-electron chi connectivity index (χ4n) is 1.11. The fraction of sp³-hybridized carbons (Fsp3) is 1.00. The van der Waals surface area contributed by atoms with Crippen molar-refractivity contribution in [3.05, 3.63) is 0 Å². The van der Waals surface area contributed by atoms with Crippen molar-refractivity contribution in [1.29, 1.82) is 0 Å². The maximum Gasteiger partial charge on any atom is 0.363 e. The molecule has 0 amide bonds. The average Bonchev–Trinajstić information content (AvgIpc) is 1.90. The summed E-state index contributed by atoms with van der Waals surface area (Å²) in [5.74, 6) is 0. The Hall–Kier alpha value is 0.837. The van der Waals surface area contributed by atoms with E-state index in [1.807, 2.05) is 13.8 Å². The second-order valence-electron chi connectivity index (χ2n) is 2.48. The predicted molar refractivity (Wildman–Crippen MR) is 56.7 cm³/mol. The summed E-state index contributed by atoms with van der Waals surface area (Å²) in [7, 11) is 1.15. The molecule has 0 aromatic carbocycles. The Balaban J connectivity index is 4.46. The van der Waals surface area contributed by atoms with Crippen LogP contribution in [0.3, 0.4) is 0 Å². The van der Waals surface area contributed by atoms with Gasteiger partial charge in [0.1, 0.15) is 0 Å². The normalized spacial score (nSPS) is 18.0. The van der Waals surface area contributed by atoms with Crippen LogP contribution >= 0.6 is 25.3 Å². The van der Waals surface area contributed by atoms with Crippen molar-refractivity contribution in [2.24, 2.45) is 0 Å². The van der Waals surface area contributed by atoms with Crippen LogP contribution in [0.5, 0.6) is 0 Å². The topological polar surface area (TPSA) is 18.5 Å². The van der Waals surface area contributed by atoms with Crippen LogP contribution in [0.1, 0.15) is 13.8 Å². The second-order valence-corrected chi connectivity index (χ2v) is 8.99. The zero-order chi connectivity index (χ0) is 9.07. The summed E-state index contributed by atoms with van der Waals surface area (Å²) in [4.78, 5) is 0.259. The van der Waals surface area contributed by atoms with Crippen LogP contribution in [0.4, 0.5) is 0 Å². The molecule has 2 atom stereocenters. The third-order valence-corrected chi connectivity index (χ3v) is 7.57. The van der Waals surface area contributed by atoms with Crippen LogP contribution in [-0.4, -0.2) is 32.5 Å². The predicted octanol–water partition coefficient (Wildman–Crippen LogP) is 1.44. The van der Waals surface area contributed by atoms with E-state index in [4.69, 9.17) is 8.85 Å². The quantitative estimate of drug-likeness (QED) is 0.543. The zero-order valence-electron chi connectivity index (χ0n) is 7.37. The minimum absolute atomic E-state index is 0.130. The van der Waals surface area contributed by atoms with Gasteiger partial charge in [0, 0.05) is 24.0 Å². The Bertz CT molecular complexity index is 105. The van der Waals surface area contributed by atoms with E-state index in [0.717, 1.165) is 0 Å². The van der Waals surface area contributed by atoms with Gasteiger partial charge in [-0.2, -0.15) is 25.3 Å². The van der Waals surface area contributed by atoms with Gasteiger partial charge in [-0.25, -0.2) is 0 Å². The summed E-state index contributed by atoms with van der Waals surface area (Å²) in [6, 6.07) is 0. The van der Waals surface area contributed by atoms with Gasteiger partial charge in [-0.3, -0.25) is 0 Å². The minimum Gasteiger partial charge on any atom is -0.396 e. The zero-order valence-corrected chi connectivity index (χ0v) is 10.2. The van der Waals surface area contributed by atoms with Gasteiger partial charge in [-0.1, -0.05) is 13.8 Å². The Morgan fingerprint density at radius 3 is 1.27 bits per heavy atom. The van der Waals surface area contributed by atoms with Crippen LogP contribution < -0.4 is 0 Å². The molecule has 0 aliphatic carbocycles. The van der Waals surface area contributed by atoms with Crippen molar-refractivity contribution in [2.45, 2.75) is 23.6 Å². The Morgan fingerprint density at radius 1 is 1.00 bits per heavy atom. The molecule has 0 rings (SSSR count). The van der Waals surface area contributed by atoms with Crippen molar-refractivity contribution < 1.29 is 8.85 Å². The summed E-state index contributed by atoms with van der Waals surface area (Å²) in [5, 5.41) is 0. The molecule has 0 heterocycles. The van der Waals surface area contributed by atoms with Gasteiger partial charge >= 0.3 is 8.56 Å². The molecule has 68 valence electrons. The third kappa shape index (κ3) is 2.38. The van der Waals surface area contributed by atoms with Crippen LogP contribution in [0.15, 0.2) is 0 Å². The van der Waals surface area contributed by atoms with E-state index in [0.29, 0.717) is 0 Å². The molecule has 0 saturated heterocycles. The molecule has 2 unspecified atom stereocenters. The molecule has 5 heteroatoms. The van der Waals surface area contributed by atoms with Crippen LogP contribution in [-0.2, 0) is 8.85 Å². The first-order valence-electron chi connectivity index (χ1n) is 3.47. The lowest BCUT2D eigenvalue weighted by Gasteiger charge is -2.33. The Labute approximate surface area is 80.7 Å². The molecule has 0 radical (unpaired) electrons. The minimum atomic E-state index is -2.17. The molecular formula is C6H16O2S2Si. The molecule has 0 aliphatic heterocycles. The van der Waals surface area contributed by atoms with E-state index in [2.05, 4.69) is 25.3 Å². The monoisotopic (exact) mass is 212 g/mol. The number of hydrogen-bond donors (Lipinski definition) is 2. The molecule has 2 nitrogen and oxygen atoms in total. The number of rotatable bonds is 4. The summed E-state index contributed by atoms with van der Waals surface area (Å²) in [6.07, 6.45) is 0. The standard InChI is InChI=1S/C6H16O2S2Si/c1-5(9)11(7-3,8-4)6(2)10/h5-6,9-10H,1-4H3. The lowest BCUT2D eigenvalue weighted by molar-refractivity contribution is 0.240. The molecule has 0 bridgehead atoms. The van der Waals surface area contributed by atoms with Crippen molar-refractivity contribution in [3.63, 3.8) is 0 Å². The largest absolute Gasteiger partial charge is 0.396 e. The van der Waals surface area contributed by atoms with E-state index in [1.54, 1.807) is 14.2 Å². The van der Waals surface area contributed by atoms with Gasteiger partial charge in [0.05, 0.1) is 0 Å². The first kappa shape index (κ1) is 11.8. The smallest absolute Gasteiger partial charge is 0.363 e. The van der Waals surface area contributed by atoms with E-state index in [9.17, 15) is 0 Å². The highest BCUT2D eigenvalue weighted by Gasteiger charge is 2.44. The maximum atomic E-state index is 5.37. The molecule has 0 N–H and O–H groups in total. The summed E-state index contributed by atoms with van der Waals surface area (Å²) in [6.45, 7) is 3.96. The molecule has 0 aliphatic rings. The van der Waals surface area contributed by atoms with Crippen molar-refractivity contribution in [1.82, 2.24) is 0 Å². The Morgan fingerprint density at radius 2 is 1.27 bits per heavy atom. The summed E-state index contributed by atoms with van der Waals surface area (Å²) in [5.41, 5.74) is 0. The highest BCUT2D eigenvalue weighted by Crippen LogP contribution is 2.22. The number of thiol groups is 2. The van der Waals surface area contributed by atoms with Gasteiger partial charge in [0.25, 0.3) is 0 Å². The average molecular weight is 212 g/mol. The fourth-order valence-corrected chi connectivity index (χ4v) is 6.30. The molecule has 11 heavy (non-hydrogen) atoms. The van der Waals surface area contributed by atoms with Crippen molar-refractivity contribution in [3.8, 4) is 0 Å². The van der Waals surface area contributed by atoms with Gasteiger partial charge in [-0.15, -0.1) is 0 Å². The highest BCUT2D eigenvalue weighted by molar-refractivity contribution is 7.86. The van der Waals surface area contributed by atoms with E-state index in [1.165, 1.54) is 0 Å². The van der Waals surface area contributed by atoms with Gasteiger partial charge in [0.15, 0.2) is 0 Å². The number of hydrogen-bond acceptors (Lipinski definition) is 4. The van der Waals surface area contributed by atoms with E-state index in [-0.39, 0.29) is 9.75 Å². The molecule has 0 saturated carbocycles. The molecular weight excluding hydrogens is 196 g/mol. The SMILES string of the molecule is CO[Si](OC)(C(C)S)C(C)S. The first-order valence-corrected chi connectivity index (χ1v) is 6.48. The first-order chi connectivity index (χ1) is 5.01. The van der Waals surface area contributed by atoms with Gasteiger partial charge in [-0.05, 0) is 0 Å². The van der Waals surface area contributed by atoms with Gasteiger partial charge < -0.3 is 8.85 Å². The molecule has 0 aromatic rings. The third-order valence-electron chi connectivity index (χ3n) is 1.80. The lowest BCUT2D eigenvalue weighted by atomic mass is 10.9. The van der Waals surface area contributed by atoms with E-state index >= 15 is 0 Å². The summed E-state index contributed by atoms with van der Waals surface area (Å²) >= 11 is 8.68. The van der Waals surface area contributed by atoms with Crippen molar-refractivity contribution >= 4 is 33.8 Å². The van der Waals surface area contributed by atoms with Gasteiger partial charge in [0.2, 0.25) is 0 Å². The van der Waals surface area contributed by atoms with Crippen LogP contribution in [0, 0.1) is 0 Å². The van der Waals surface area contributed by atoms with Crippen molar-refractivity contribution in [2.75, 3.05) is 14.2 Å². The van der Waals surface area contributed by atoms with E-state index < -0.39 is 8.56 Å². The second kappa shape index (κ2) is 4.76. The molecule has 0 aromatic heterocycles. The Kier molecular flexibility index (Phi) is 5.13. The van der Waals surface area contributed by atoms with Crippen LogP contribution in [0.2, 0.25) is 0 Å². The molecule has 0 fully saturated rings. The molecule has 0 spiro atoms. The summed E-state index contributed by atoms with van der Waals surface area (Å²) < 4.78 is 10.7. The van der Waals surface area contributed by atoms with Crippen LogP contribution in [0.25, 0.3) is 0 Å².